The Morgan fingerprint density at radius 2 is 2.19 bits per heavy atom. The molecule has 1 saturated heterocycles. The van der Waals surface area contributed by atoms with Crippen LogP contribution in [0.2, 0.25) is 0 Å². The van der Waals surface area contributed by atoms with E-state index in [0.29, 0.717) is 13.1 Å². The highest BCUT2D eigenvalue weighted by Crippen LogP contribution is 2.30. The first kappa shape index (κ1) is 13.8. The molecule has 110 valence electrons. The van der Waals surface area contributed by atoms with Crippen molar-refractivity contribution in [1.82, 2.24) is 4.98 Å². The molecule has 3 rings (SSSR count). The molecular weight excluding hydrogens is 268 g/mol. The highest BCUT2D eigenvalue weighted by atomic mass is 16.5. The zero-order valence-electron chi connectivity index (χ0n) is 12.1. The highest BCUT2D eigenvalue weighted by Gasteiger charge is 2.31. The molecule has 1 aliphatic rings. The van der Waals surface area contributed by atoms with Crippen LogP contribution in [-0.2, 0) is 9.53 Å². The van der Waals surface area contributed by atoms with Crippen molar-refractivity contribution in [3.63, 3.8) is 0 Å². The van der Waals surface area contributed by atoms with Gasteiger partial charge in [-0.15, -0.1) is 0 Å². The van der Waals surface area contributed by atoms with Crippen molar-refractivity contribution in [3.05, 3.63) is 36.0 Å². The van der Waals surface area contributed by atoms with Gasteiger partial charge in [0.25, 0.3) is 0 Å². The van der Waals surface area contributed by atoms with Crippen molar-refractivity contribution in [1.29, 1.82) is 0 Å². The Morgan fingerprint density at radius 3 is 2.95 bits per heavy atom. The topological polar surface area (TPSA) is 62.7 Å². The first-order chi connectivity index (χ1) is 10.1. The number of carboxylic acid groups (broad SMARTS) is 1. The molecule has 0 spiro atoms. The van der Waals surface area contributed by atoms with Crippen molar-refractivity contribution < 1.29 is 14.6 Å². The molecule has 0 radical (unpaired) electrons. The molecule has 1 fully saturated rings. The summed E-state index contributed by atoms with van der Waals surface area (Å²) in [6.45, 7) is 4.96. The number of carbonyl (C=O) groups is 1. The lowest BCUT2D eigenvalue weighted by Crippen LogP contribution is -2.49. The second-order valence-corrected chi connectivity index (χ2v) is 5.48. The van der Waals surface area contributed by atoms with Crippen molar-refractivity contribution >= 4 is 22.6 Å². The first-order valence-electron chi connectivity index (χ1n) is 7.04. The second kappa shape index (κ2) is 5.33. The summed E-state index contributed by atoms with van der Waals surface area (Å²) < 4.78 is 5.48. The number of morpholine rings is 1. The molecule has 0 aliphatic carbocycles. The molecule has 1 aliphatic heterocycles. The number of ether oxygens (including phenoxy) is 1. The smallest absolute Gasteiger partial charge is 0.334 e. The molecule has 1 N–H and O–H groups in total. The molecule has 5 nitrogen and oxygen atoms in total. The van der Waals surface area contributed by atoms with Gasteiger partial charge in [-0.25, -0.2) is 4.79 Å². The number of fused-ring (bicyclic) bond motifs is 1. The second-order valence-electron chi connectivity index (χ2n) is 5.48. The molecular formula is C16H18N2O3. The van der Waals surface area contributed by atoms with E-state index in [1.165, 1.54) is 0 Å². The van der Waals surface area contributed by atoms with Crippen LogP contribution < -0.4 is 4.90 Å². The summed E-state index contributed by atoms with van der Waals surface area (Å²) in [4.78, 5) is 17.7. The number of hydrogen-bond acceptors (Lipinski definition) is 4. The maximum atomic E-state index is 11.2. The number of aliphatic carboxylic acids is 1. The zero-order valence-corrected chi connectivity index (χ0v) is 12.1. The van der Waals surface area contributed by atoms with Crippen LogP contribution in [-0.4, -0.2) is 41.4 Å². The van der Waals surface area contributed by atoms with Crippen LogP contribution in [0.4, 0.5) is 5.69 Å². The number of carboxylic acids is 1. The lowest BCUT2D eigenvalue weighted by molar-refractivity contribution is -0.154. The summed E-state index contributed by atoms with van der Waals surface area (Å²) in [5.74, 6) is -0.916. The molecule has 21 heavy (non-hydrogen) atoms. The van der Waals surface area contributed by atoms with Gasteiger partial charge in [-0.3, -0.25) is 4.98 Å². The van der Waals surface area contributed by atoms with Crippen LogP contribution in [0.25, 0.3) is 10.9 Å². The van der Waals surface area contributed by atoms with E-state index in [1.54, 1.807) is 6.20 Å². The molecule has 0 bridgehead atoms. The van der Waals surface area contributed by atoms with Crippen LogP contribution in [0.15, 0.2) is 30.5 Å². The normalized spacial score (nSPS) is 22.5. The van der Waals surface area contributed by atoms with Crippen LogP contribution in [0.1, 0.15) is 12.5 Å². The van der Waals surface area contributed by atoms with Crippen LogP contribution in [0.3, 0.4) is 0 Å². The molecule has 1 aromatic carbocycles. The Balaban J connectivity index is 2.04. The average molecular weight is 286 g/mol. The number of aryl methyl sites for hydroxylation is 1. The summed E-state index contributed by atoms with van der Waals surface area (Å²) in [6, 6.07) is 8.00. The first-order valence-corrected chi connectivity index (χ1v) is 7.04. The number of nitrogens with zero attached hydrogens (tertiary/aromatic N) is 2. The number of rotatable bonds is 2. The van der Waals surface area contributed by atoms with Gasteiger partial charge >= 0.3 is 5.97 Å². The highest BCUT2D eigenvalue weighted by molar-refractivity contribution is 5.94. The van der Waals surface area contributed by atoms with Crippen molar-refractivity contribution in [2.45, 2.75) is 26.1 Å². The minimum atomic E-state index is -0.916. The summed E-state index contributed by atoms with van der Waals surface area (Å²) in [5.41, 5.74) is 3.09. The number of anilines is 1. The Hall–Kier alpha value is -2.14. The van der Waals surface area contributed by atoms with Gasteiger partial charge in [0, 0.05) is 23.8 Å². The lowest BCUT2D eigenvalue weighted by atomic mass is 10.1. The maximum absolute atomic E-state index is 11.2. The fourth-order valence-corrected chi connectivity index (χ4v) is 2.86. The minimum absolute atomic E-state index is 0.118. The van der Waals surface area contributed by atoms with Gasteiger partial charge in [-0.2, -0.15) is 0 Å². The van der Waals surface area contributed by atoms with Crippen molar-refractivity contribution in [2.75, 3.05) is 18.0 Å². The summed E-state index contributed by atoms with van der Waals surface area (Å²) in [6.07, 6.45) is 0.871. The number of pyridine rings is 1. The SMILES string of the molecule is Cc1ccc(N2C[C@@H](C)O[C@@H](C(=O)O)C2)c2cccnc12. The molecule has 2 heterocycles. The van der Waals surface area contributed by atoms with Crippen molar-refractivity contribution in [3.8, 4) is 0 Å². The van der Waals surface area contributed by atoms with E-state index in [2.05, 4.69) is 9.88 Å². The maximum Gasteiger partial charge on any atom is 0.334 e. The lowest BCUT2D eigenvalue weighted by Gasteiger charge is -2.37. The van der Waals surface area contributed by atoms with Crippen LogP contribution in [0.5, 0.6) is 0 Å². The van der Waals surface area contributed by atoms with Gasteiger partial charge in [0.2, 0.25) is 0 Å². The molecule has 1 aromatic heterocycles. The monoisotopic (exact) mass is 286 g/mol. The molecule has 0 amide bonds. The standard InChI is InChI=1S/C16H18N2O3/c1-10-5-6-13(12-4-3-7-17-15(10)12)18-8-11(2)21-14(9-18)16(19)20/h3-7,11,14H,8-9H2,1-2H3,(H,19,20)/t11-,14-/m1/s1. The Morgan fingerprint density at radius 1 is 1.38 bits per heavy atom. The predicted octanol–water partition coefficient (Wildman–Crippen LogP) is 2.22. The Labute approximate surface area is 123 Å². The third-order valence-corrected chi connectivity index (χ3v) is 3.82. The largest absolute Gasteiger partial charge is 0.479 e. The van der Waals surface area contributed by atoms with E-state index in [0.717, 1.165) is 22.2 Å². The van der Waals surface area contributed by atoms with Crippen LogP contribution >= 0.6 is 0 Å². The van der Waals surface area contributed by atoms with E-state index >= 15 is 0 Å². The molecule has 0 unspecified atom stereocenters. The number of benzene rings is 1. The molecule has 0 saturated carbocycles. The fourth-order valence-electron chi connectivity index (χ4n) is 2.86. The third kappa shape index (κ3) is 2.56. The molecule has 5 heteroatoms. The molecule has 2 aromatic rings. The van der Waals surface area contributed by atoms with E-state index in [1.807, 2.05) is 38.1 Å². The average Bonchev–Trinajstić information content (AvgIpc) is 2.47. The predicted molar refractivity (Wildman–Crippen MR) is 80.7 cm³/mol. The summed E-state index contributed by atoms with van der Waals surface area (Å²) >= 11 is 0. The van der Waals surface area contributed by atoms with E-state index in [4.69, 9.17) is 4.74 Å². The van der Waals surface area contributed by atoms with Gasteiger partial charge < -0.3 is 14.7 Å². The van der Waals surface area contributed by atoms with Gasteiger partial charge in [0.05, 0.1) is 18.2 Å². The summed E-state index contributed by atoms with van der Waals surface area (Å²) in [7, 11) is 0. The van der Waals surface area contributed by atoms with E-state index in [-0.39, 0.29) is 6.10 Å². The number of aromatic nitrogens is 1. The fraction of sp³-hybridized carbons (Fsp3) is 0.375. The summed E-state index contributed by atoms with van der Waals surface area (Å²) in [5, 5.41) is 10.3. The van der Waals surface area contributed by atoms with Gasteiger partial charge in [-0.05, 0) is 37.6 Å². The number of hydrogen-bond donors (Lipinski definition) is 1. The van der Waals surface area contributed by atoms with Gasteiger partial charge in [-0.1, -0.05) is 6.07 Å². The Bertz CT molecular complexity index is 686. The minimum Gasteiger partial charge on any atom is -0.479 e. The molecule has 2 atom stereocenters. The third-order valence-electron chi connectivity index (χ3n) is 3.82. The van der Waals surface area contributed by atoms with Crippen LogP contribution in [0, 0.1) is 6.92 Å². The van der Waals surface area contributed by atoms with Crippen molar-refractivity contribution in [2.24, 2.45) is 0 Å². The quantitative estimate of drug-likeness (QED) is 0.917. The zero-order chi connectivity index (χ0) is 15.0. The van der Waals surface area contributed by atoms with Gasteiger partial charge in [0.15, 0.2) is 6.10 Å². The van der Waals surface area contributed by atoms with E-state index < -0.39 is 12.1 Å². The Kier molecular flexibility index (Phi) is 3.51. The van der Waals surface area contributed by atoms with E-state index in [9.17, 15) is 9.90 Å². The van der Waals surface area contributed by atoms with Gasteiger partial charge in [0.1, 0.15) is 0 Å².